The van der Waals surface area contributed by atoms with Crippen LogP contribution in [0.15, 0.2) is 90.0 Å². The number of nitrogens with one attached hydrogen (secondary N) is 1. The number of aromatic nitrogens is 2. The number of halogens is 2. The van der Waals surface area contributed by atoms with Crippen molar-refractivity contribution < 1.29 is 9.47 Å². The van der Waals surface area contributed by atoms with E-state index in [1.54, 1.807) is 0 Å². The van der Waals surface area contributed by atoms with Gasteiger partial charge in [0.2, 0.25) is 6.79 Å². The van der Waals surface area contributed by atoms with Crippen LogP contribution in [-0.2, 0) is 13.1 Å². The van der Waals surface area contributed by atoms with Gasteiger partial charge >= 0.3 is 0 Å². The minimum Gasteiger partial charge on any atom is -0.454 e. The molecule has 9 heteroatoms. The molecule has 3 heterocycles. The van der Waals surface area contributed by atoms with Crippen LogP contribution in [0.4, 0.5) is 5.82 Å². The molecule has 0 bridgehead atoms. The van der Waals surface area contributed by atoms with E-state index in [4.69, 9.17) is 42.6 Å². The average Bonchev–Trinajstić information content (AvgIpc) is 3.51. The van der Waals surface area contributed by atoms with Crippen molar-refractivity contribution in [2.45, 2.75) is 25.6 Å². The van der Waals surface area contributed by atoms with Crippen LogP contribution in [0.2, 0.25) is 5.02 Å². The van der Waals surface area contributed by atoms with Crippen molar-refractivity contribution in [3.63, 3.8) is 0 Å². The minimum atomic E-state index is 0.264. The van der Waals surface area contributed by atoms with Crippen molar-refractivity contribution in [1.29, 1.82) is 0 Å². The van der Waals surface area contributed by atoms with Gasteiger partial charge in [0.1, 0.15) is 11.6 Å². The normalized spacial score (nSPS) is 19.4. The van der Waals surface area contributed by atoms with E-state index < -0.39 is 0 Å². The lowest BCUT2D eigenvalue weighted by molar-refractivity contribution is 0.0733. The van der Waals surface area contributed by atoms with Crippen LogP contribution in [0, 0.1) is 5.92 Å². The molecule has 43 heavy (non-hydrogen) atoms. The molecule has 1 N–H and O–H groups in total. The molecule has 2 unspecified atom stereocenters. The molecule has 1 aromatic heterocycles. The highest BCUT2D eigenvalue weighted by molar-refractivity contribution is 6.31. The summed E-state index contributed by atoms with van der Waals surface area (Å²) in [5.74, 6) is 3.59. The topological polar surface area (TPSA) is 62.8 Å². The van der Waals surface area contributed by atoms with Gasteiger partial charge in [0.25, 0.3) is 0 Å². The zero-order valence-corrected chi connectivity index (χ0v) is 25.3. The Hall–Kier alpha value is -3.62. The molecule has 0 radical (unpaired) electrons. The predicted octanol–water partition coefficient (Wildman–Crippen LogP) is 7.18. The lowest BCUT2D eigenvalue weighted by Gasteiger charge is -2.42. The number of hydrogen-bond donors (Lipinski definition) is 1. The Labute approximate surface area is 261 Å². The van der Waals surface area contributed by atoms with Crippen LogP contribution < -0.4 is 14.8 Å². The second kappa shape index (κ2) is 12.5. The van der Waals surface area contributed by atoms with Gasteiger partial charge in [-0.2, -0.15) is 0 Å². The van der Waals surface area contributed by atoms with Crippen LogP contribution in [0.5, 0.6) is 11.5 Å². The smallest absolute Gasteiger partial charge is 0.231 e. The maximum absolute atomic E-state index is 6.26. The van der Waals surface area contributed by atoms with Crippen molar-refractivity contribution in [2.24, 2.45) is 5.92 Å². The molecule has 0 amide bonds. The number of nitrogens with zero attached hydrogens (tertiary/aromatic N) is 4. The lowest BCUT2D eigenvalue weighted by atomic mass is 9.86. The highest BCUT2D eigenvalue weighted by Gasteiger charge is 2.31. The van der Waals surface area contributed by atoms with Crippen LogP contribution >= 0.6 is 23.2 Å². The van der Waals surface area contributed by atoms with Crippen molar-refractivity contribution in [2.75, 3.05) is 38.3 Å². The first-order valence-corrected chi connectivity index (χ1v) is 15.5. The molecular weight excluding hydrogens is 581 g/mol. The maximum Gasteiger partial charge on any atom is 0.231 e. The Morgan fingerprint density at radius 1 is 0.907 bits per heavy atom. The van der Waals surface area contributed by atoms with Gasteiger partial charge in [-0.3, -0.25) is 9.80 Å². The summed E-state index contributed by atoms with van der Waals surface area (Å²) in [6, 6.07) is 22.8. The van der Waals surface area contributed by atoms with E-state index in [9.17, 15) is 0 Å². The number of rotatable bonds is 8. The van der Waals surface area contributed by atoms with Gasteiger partial charge in [-0.15, -0.1) is 0 Å². The monoisotopic (exact) mass is 613 g/mol. The zero-order chi connectivity index (χ0) is 29.2. The largest absolute Gasteiger partial charge is 0.454 e. The summed E-state index contributed by atoms with van der Waals surface area (Å²) in [7, 11) is 0. The summed E-state index contributed by atoms with van der Waals surface area (Å²) in [5.41, 5.74) is 3.33. The van der Waals surface area contributed by atoms with Gasteiger partial charge in [0.05, 0.1) is 12.1 Å². The summed E-state index contributed by atoms with van der Waals surface area (Å²) in [6.07, 6.45) is 7.34. The molecule has 220 valence electrons. The van der Waals surface area contributed by atoms with Gasteiger partial charge in [-0.25, -0.2) is 9.97 Å². The van der Waals surface area contributed by atoms with E-state index in [-0.39, 0.29) is 12.8 Å². The van der Waals surface area contributed by atoms with Gasteiger partial charge in [-0.05, 0) is 60.0 Å². The standard InChI is InChI=1S/C34H33Cl2N5O2/c35-26-10-6-24(7-11-26)33(25-8-12-27(36)13-9-25)41-17-15-40(16-18-41)21-32-38-29-4-2-1-3-28(29)34(39-32)37-20-23-5-14-30-31(19-23)43-22-42-30/h1-8,10-14,19,25,33H,9,15-18,20-22H2,(H,37,38,39). The van der Waals surface area contributed by atoms with E-state index >= 15 is 0 Å². The third kappa shape index (κ3) is 6.36. The molecule has 0 saturated carbocycles. The number of para-hydroxylation sites is 1. The number of allylic oxidation sites excluding steroid dienone is 3. The van der Waals surface area contributed by atoms with Gasteiger partial charge in [0.15, 0.2) is 11.5 Å². The number of fused-ring (bicyclic) bond motifs is 2. The second-order valence-corrected chi connectivity index (χ2v) is 12.1. The number of ether oxygens (including phenoxy) is 2. The molecular formula is C34H33Cl2N5O2. The van der Waals surface area contributed by atoms with Crippen LogP contribution in [-0.4, -0.2) is 52.7 Å². The fourth-order valence-corrected chi connectivity index (χ4v) is 6.49. The lowest BCUT2D eigenvalue weighted by Crippen LogP contribution is -2.48. The summed E-state index contributed by atoms with van der Waals surface area (Å²) >= 11 is 12.5. The molecule has 7 rings (SSSR count). The molecule has 7 nitrogen and oxygen atoms in total. The van der Waals surface area contributed by atoms with Gasteiger partial charge in [0, 0.05) is 60.1 Å². The van der Waals surface area contributed by atoms with Crippen molar-refractivity contribution in [1.82, 2.24) is 19.8 Å². The Balaban J connectivity index is 1.05. The molecule has 1 fully saturated rings. The Kier molecular flexibility index (Phi) is 8.22. The fraction of sp³-hybridized carbons (Fsp3) is 0.294. The van der Waals surface area contributed by atoms with E-state index in [2.05, 4.69) is 57.6 Å². The van der Waals surface area contributed by atoms with E-state index in [1.165, 1.54) is 5.56 Å². The van der Waals surface area contributed by atoms with Crippen LogP contribution in [0.3, 0.4) is 0 Å². The number of hydrogen-bond acceptors (Lipinski definition) is 7. The van der Waals surface area contributed by atoms with E-state index in [1.807, 2.05) is 42.5 Å². The zero-order valence-electron chi connectivity index (χ0n) is 23.8. The quantitative estimate of drug-likeness (QED) is 0.226. The number of anilines is 1. The average molecular weight is 615 g/mol. The predicted molar refractivity (Wildman–Crippen MR) is 172 cm³/mol. The molecule has 2 atom stereocenters. The van der Waals surface area contributed by atoms with Gasteiger partial charge in [-0.1, -0.05) is 65.7 Å². The Bertz CT molecular complexity index is 1670. The summed E-state index contributed by atoms with van der Waals surface area (Å²) in [6.45, 7) is 5.38. The van der Waals surface area contributed by atoms with Crippen LogP contribution in [0.25, 0.3) is 10.9 Å². The van der Waals surface area contributed by atoms with Crippen molar-refractivity contribution >= 4 is 39.9 Å². The molecule has 1 aliphatic carbocycles. The molecule has 3 aliphatic rings. The maximum atomic E-state index is 6.26. The van der Waals surface area contributed by atoms with Crippen molar-refractivity contribution in [3.05, 3.63) is 112 Å². The second-order valence-electron chi connectivity index (χ2n) is 11.2. The summed E-state index contributed by atoms with van der Waals surface area (Å²) in [4.78, 5) is 15.0. The van der Waals surface area contributed by atoms with Crippen LogP contribution in [0.1, 0.15) is 29.4 Å². The first-order chi connectivity index (χ1) is 21.1. The van der Waals surface area contributed by atoms with Gasteiger partial charge < -0.3 is 14.8 Å². The molecule has 2 aliphatic heterocycles. The number of piperazine rings is 1. The molecule has 3 aromatic carbocycles. The Morgan fingerprint density at radius 2 is 1.72 bits per heavy atom. The Morgan fingerprint density at radius 3 is 2.53 bits per heavy atom. The third-order valence-electron chi connectivity index (χ3n) is 8.42. The highest BCUT2D eigenvalue weighted by atomic mass is 35.5. The minimum absolute atomic E-state index is 0.264. The fourth-order valence-electron chi connectivity index (χ4n) is 6.20. The first kappa shape index (κ1) is 28.2. The molecule has 4 aromatic rings. The SMILES string of the molecule is ClC1=CCC(C(c2ccc(Cl)cc2)N2CCN(Cc3nc(NCc4ccc5c(c4)OCO5)c4ccccc4n3)CC2)C=C1. The first-order valence-electron chi connectivity index (χ1n) is 14.7. The van der Waals surface area contributed by atoms with E-state index in [0.29, 0.717) is 19.0 Å². The molecule has 1 saturated heterocycles. The summed E-state index contributed by atoms with van der Waals surface area (Å²) < 4.78 is 11.0. The third-order valence-corrected chi connectivity index (χ3v) is 8.95. The summed E-state index contributed by atoms with van der Waals surface area (Å²) in [5, 5.41) is 6.14. The highest BCUT2D eigenvalue weighted by Crippen LogP contribution is 2.37. The molecule has 0 spiro atoms. The van der Waals surface area contributed by atoms with E-state index in [0.717, 1.165) is 82.3 Å². The number of benzene rings is 3. The van der Waals surface area contributed by atoms with Crippen molar-refractivity contribution in [3.8, 4) is 11.5 Å².